The van der Waals surface area contributed by atoms with E-state index < -0.39 is 5.97 Å². The third kappa shape index (κ3) is 1.11. The van der Waals surface area contributed by atoms with E-state index in [4.69, 9.17) is 5.11 Å². The lowest BCUT2D eigenvalue weighted by atomic mass is 10.2. The first-order chi connectivity index (χ1) is 4.27. The molecule has 0 aromatic carbocycles. The van der Waals surface area contributed by atoms with Crippen molar-refractivity contribution < 1.29 is 9.90 Å². The highest BCUT2D eigenvalue weighted by Gasteiger charge is 2.47. The molecule has 0 spiro atoms. The summed E-state index contributed by atoms with van der Waals surface area (Å²) in [4.78, 5) is 10.3. The van der Waals surface area contributed by atoms with E-state index in [1.807, 2.05) is 0 Å². The highest BCUT2D eigenvalue weighted by Crippen LogP contribution is 2.40. The van der Waals surface area contributed by atoms with Crippen LogP contribution in [0.25, 0.3) is 0 Å². The molecule has 4 heteroatoms. The number of piperidine rings is 1. The molecule has 0 unspecified atom stereocenters. The van der Waals surface area contributed by atoms with Gasteiger partial charge in [0.1, 0.15) is 6.04 Å². The average molecular weight is 164 g/mol. The fraction of sp³-hybridized carbons (Fsp3) is 0.833. The predicted molar refractivity (Wildman–Crippen MR) is 38.3 cm³/mol. The first-order valence-corrected chi connectivity index (χ1v) is 3.26. The van der Waals surface area contributed by atoms with Crippen LogP contribution in [0.4, 0.5) is 0 Å². The molecule has 2 rings (SSSR count). The lowest BCUT2D eigenvalue weighted by Crippen LogP contribution is -2.33. The summed E-state index contributed by atoms with van der Waals surface area (Å²) >= 11 is 0. The molecule has 0 amide bonds. The van der Waals surface area contributed by atoms with Crippen molar-refractivity contribution in [2.24, 2.45) is 5.92 Å². The van der Waals surface area contributed by atoms with Crippen LogP contribution >= 0.6 is 12.4 Å². The van der Waals surface area contributed by atoms with Gasteiger partial charge in [-0.3, -0.25) is 4.79 Å². The minimum absolute atomic E-state index is 0. The summed E-state index contributed by atoms with van der Waals surface area (Å²) in [6, 6.07) is 0.305. The highest BCUT2D eigenvalue weighted by molar-refractivity contribution is 5.85. The molecular formula is C6H10ClNO2. The summed E-state index contributed by atoms with van der Waals surface area (Å²) in [6.45, 7) is 0. The Morgan fingerprint density at radius 2 is 2.20 bits per heavy atom. The fourth-order valence-electron chi connectivity index (χ4n) is 1.51. The molecule has 2 N–H and O–H groups in total. The third-order valence-electron chi connectivity index (χ3n) is 2.17. The number of fused-ring (bicyclic) bond motifs is 1. The molecule has 0 aromatic heterocycles. The molecule has 1 saturated heterocycles. The summed E-state index contributed by atoms with van der Waals surface area (Å²) in [5.41, 5.74) is 0. The molecule has 2 fully saturated rings. The van der Waals surface area contributed by atoms with E-state index in [2.05, 4.69) is 5.32 Å². The van der Waals surface area contributed by atoms with E-state index >= 15 is 0 Å². The number of halogens is 1. The fourth-order valence-corrected chi connectivity index (χ4v) is 1.51. The third-order valence-corrected chi connectivity index (χ3v) is 2.17. The first kappa shape index (κ1) is 7.82. The van der Waals surface area contributed by atoms with Gasteiger partial charge in [0, 0.05) is 6.04 Å². The second kappa shape index (κ2) is 2.40. The van der Waals surface area contributed by atoms with Gasteiger partial charge in [-0.05, 0) is 18.8 Å². The van der Waals surface area contributed by atoms with Crippen LogP contribution in [0.1, 0.15) is 12.8 Å². The predicted octanol–water partition coefficient (Wildman–Crippen LogP) is 0.243. The van der Waals surface area contributed by atoms with Gasteiger partial charge >= 0.3 is 5.97 Å². The van der Waals surface area contributed by atoms with Gasteiger partial charge in [0.05, 0.1) is 0 Å². The van der Waals surface area contributed by atoms with Crippen molar-refractivity contribution in [1.29, 1.82) is 0 Å². The number of aliphatic carboxylic acids is 1. The zero-order valence-corrected chi connectivity index (χ0v) is 6.23. The van der Waals surface area contributed by atoms with Gasteiger partial charge in [-0.15, -0.1) is 12.4 Å². The number of rotatable bonds is 1. The number of carboxylic acid groups (broad SMARTS) is 1. The summed E-state index contributed by atoms with van der Waals surface area (Å²) in [5, 5.41) is 11.5. The lowest BCUT2D eigenvalue weighted by Gasteiger charge is -2.04. The first-order valence-electron chi connectivity index (χ1n) is 3.26. The summed E-state index contributed by atoms with van der Waals surface area (Å²) in [5.74, 6) is -0.00620. The van der Waals surface area contributed by atoms with E-state index in [0.29, 0.717) is 12.0 Å². The average Bonchev–Trinajstić information content (AvgIpc) is 2.40. The molecule has 1 aliphatic carbocycles. The maximum absolute atomic E-state index is 10.3. The van der Waals surface area contributed by atoms with Crippen molar-refractivity contribution in [3.8, 4) is 0 Å². The Kier molecular flexibility index (Phi) is 1.88. The smallest absolute Gasteiger partial charge is 0.320 e. The molecule has 1 aliphatic heterocycles. The van der Waals surface area contributed by atoms with Gasteiger partial charge in [0.15, 0.2) is 0 Å². The monoisotopic (exact) mass is 163 g/mol. The largest absolute Gasteiger partial charge is 0.480 e. The number of hydrogen-bond donors (Lipinski definition) is 2. The Bertz CT molecular complexity index is 152. The molecule has 0 bridgehead atoms. The highest BCUT2D eigenvalue weighted by atomic mass is 35.5. The maximum Gasteiger partial charge on any atom is 0.320 e. The zero-order valence-electron chi connectivity index (χ0n) is 5.41. The summed E-state index contributed by atoms with van der Waals surface area (Å²) in [6.07, 6.45) is 2.05. The van der Waals surface area contributed by atoms with Crippen LogP contribution in [0.5, 0.6) is 0 Å². The van der Waals surface area contributed by atoms with Crippen molar-refractivity contribution in [2.75, 3.05) is 0 Å². The van der Waals surface area contributed by atoms with E-state index in [0.717, 1.165) is 6.42 Å². The molecule has 2 aliphatic rings. The quantitative estimate of drug-likeness (QED) is 0.583. The molecule has 1 saturated carbocycles. The van der Waals surface area contributed by atoms with Crippen molar-refractivity contribution in [1.82, 2.24) is 5.32 Å². The van der Waals surface area contributed by atoms with Crippen LogP contribution in [0, 0.1) is 5.92 Å². The van der Waals surface area contributed by atoms with Gasteiger partial charge in [0.25, 0.3) is 0 Å². The molecular weight excluding hydrogens is 154 g/mol. The van der Waals surface area contributed by atoms with Crippen molar-refractivity contribution in [3.63, 3.8) is 0 Å². The number of hydrogen-bond acceptors (Lipinski definition) is 2. The van der Waals surface area contributed by atoms with E-state index in [1.165, 1.54) is 6.42 Å². The zero-order chi connectivity index (χ0) is 6.43. The van der Waals surface area contributed by atoms with Gasteiger partial charge in [-0.2, -0.15) is 0 Å². The minimum Gasteiger partial charge on any atom is -0.480 e. The summed E-state index contributed by atoms with van der Waals surface area (Å²) in [7, 11) is 0. The Morgan fingerprint density at radius 1 is 1.50 bits per heavy atom. The van der Waals surface area contributed by atoms with Crippen LogP contribution in [-0.2, 0) is 4.79 Å². The Hall–Kier alpha value is -0.280. The molecule has 58 valence electrons. The molecule has 3 atom stereocenters. The number of carbonyl (C=O) groups is 1. The van der Waals surface area contributed by atoms with Crippen LogP contribution in [-0.4, -0.2) is 23.2 Å². The topological polar surface area (TPSA) is 49.3 Å². The van der Waals surface area contributed by atoms with Crippen molar-refractivity contribution >= 4 is 18.4 Å². The summed E-state index contributed by atoms with van der Waals surface area (Å²) < 4.78 is 0. The van der Waals surface area contributed by atoms with Gasteiger partial charge < -0.3 is 10.4 Å². The van der Waals surface area contributed by atoms with Crippen LogP contribution in [0.3, 0.4) is 0 Å². The number of nitrogens with one attached hydrogen (secondary N) is 1. The Labute approximate surface area is 65.2 Å². The molecule has 0 aromatic rings. The molecule has 3 nitrogen and oxygen atoms in total. The number of carboxylic acids is 1. The Morgan fingerprint density at radius 3 is 2.50 bits per heavy atom. The minimum atomic E-state index is -0.692. The molecule has 1 heterocycles. The van der Waals surface area contributed by atoms with Crippen molar-refractivity contribution in [3.05, 3.63) is 0 Å². The van der Waals surface area contributed by atoms with E-state index in [-0.39, 0.29) is 18.4 Å². The van der Waals surface area contributed by atoms with E-state index in [9.17, 15) is 4.79 Å². The van der Waals surface area contributed by atoms with Crippen molar-refractivity contribution in [2.45, 2.75) is 24.9 Å². The van der Waals surface area contributed by atoms with Crippen LogP contribution in [0.15, 0.2) is 0 Å². The second-order valence-corrected chi connectivity index (χ2v) is 2.90. The molecule has 10 heavy (non-hydrogen) atoms. The normalized spacial score (nSPS) is 41.8. The molecule has 0 radical (unpaired) electrons. The van der Waals surface area contributed by atoms with Crippen LogP contribution in [0.2, 0.25) is 0 Å². The lowest BCUT2D eigenvalue weighted by molar-refractivity contribution is -0.139. The van der Waals surface area contributed by atoms with E-state index in [1.54, 1.807) is 0 Å². The SMILES string of the molecule is Cl.O=C(O)[C@H]1C[C@H]2C[C@H]2N1. The second-order valence-electron chi connectivity index (χ2n) is 2.90. The van der Waals surface area contributed by atoms with Gasteiger partial charge in [-0.25, -0.2) is 0 Å². The standard InChI is InChI=1S/C6H9NO2.ClH/c8-6(9)5-2-3-1-4(3)7-5;/h3-5,7H,1-2H2,(H,8,9);1H/t3-,4-,5-;/m1./s1. The van der Waals surface area contributed by atoms with Gasteiger partial charge in [0.2, 0.25) is 0 Å². The van der Waals surface area contributed by atoms with Gasteiger partial charge in [-0.1, -0.05) is 0 Å². The maximum atomic E-state index is 10.3. The van der Waals surface area contributed by atoms with Crippen LogP contribution < -0.4 is 5.32 Å². The Balaban J connectivity index is 0.000000500.